The molecule has 104 valence electrons. The van der Waals surface area contributed by atoms with Gasteiger partial charge in [-0.05, 0) is 17.7 Å². The van der Waals surface area contributed by atoms with Gasteiger partial charge in [0.1, 0.15) is 5.75 Å². The fourth-order valence-electron chi connectivity index (χ4n) is 1.51. The SMILES string of the molecule is O=[N+]([O-])c1cc(F)c(Oc2ccc(CCl)cc2)cc1F. The summed E-state index contributed by atoms with van der Waals surface area (Å²) in [6.45, 7) is 0. The van der Waals surface area contributed by atoms with Crippen molar-refractivity contribution in [1.29, 1.82) is 0 Å². The molecule has 0 spiro atoms. The lowest BCUT2D eigenvalue weighted by molar-refractivity contribution is -0.387. The van der Waals surface area contributed by atoms with Crippen molar-refractivity contribution in [3.63, 3.8) is 0 Å². The van der Waals surface area contributed by atoms with Crippen molar-refractivity contribution in [2.45, 2.75) is 5.88 Å². The molecule has 2 aromatic carbocycles. The Morgan fingerprint density at radius 1 is 1.15 bits per heavy atom. The number of benzene rings is 2. The molecule has 0 aromatic heterocycles. The summed E-state index contributed by atoms with van der Waals surface area (Å²) < 4.78 is 32.1. The van der Waals surface area contributed by atoms with Crippen LogP contribution in [0, 0.1) is 21.7 Å². The number of ether oxygens (including phenoxy) is 1. The van der Waals surface area contributed by atoms with Crippen molar-refractivity contribution in [1.82, 2.24) is 0 Å². The Labute approximate surface area is 117 Å². The number of halogens is 3. The summed E-state index contributed by atoms with van der Waals surface area (Å²) in [5.41, 5.74) is -0.0956. The van der Waals surface area contributed by atoms with E-state index in [1.54, 1.807) is 12.1 Å². The third-order valence-electron chi connectivity index (χ3n) is 2.50. The summed E-state index contributed by atoms with van der Waals surface area (Å²) in [5, 5.41) is 10.5. The second-order valence-electron chi connectivity index (χ2n) is 3.87. The molecule has 0 amide bonds. The Kier molecular flexibility index (Phi) is 4.14. The third kappa shape index (κ3) is 3.03. The van der Waals surface area contributed by atoms with Gasteiger partial charge in [0, 0.05) is 11.9 Å². The Morgan fingerprint density at radius 3 is 2.35 bits per heavy atom. The van der Waals surface area contributed by atoms with Crippen LogP contribution in [0.25, 0.3) is 0 Å². The van der Waals surface area contributed by atoms with E-state index in [9.17, 15) is 18.9 Å². The lowest BCUT2D eigenvalue weighted by Gasteiger charge is -2.07. The molecule has 0 fully saturated rings. The van der Waals surface area contributed by atoms with Gasteiger partial charge in [0.15, 0.2) is 11.6 Å². The molecule has 0 saturated heterocycles. The Morgan fingerprint density at radius 2 is 1.80 bits per heavy atom. The molecule has 0 atom stereocenters. The molecule has 4 nitrogen and oxygen atoms in total. The van der Waals surface area contributed by atoms with E-state index in [4.69, 9.17) is 16.3 Å². The molecule has 0 aliphatic carbocycles. The highest BCUT2D eigenvalue weighted by Crippen LogP contribution is 2.30. The number of hydrogen-bond donors (Lipinski definition) is 0. The van der Waals surface area contributed by atoms with Crippen LogP contribution in [0.5, 0.6) is 11.5 Å². The van der Waals surface area contributed by atoms with Gasteiger partial charge in [-0.1, -0.05) is 12.1 Å². The predicted molar refractivity (Wildman–Crippen MR) is 69.1 cm³/mol. The first-order valence-corrected chi connectivity index (χ1v) is 6.01. The molecule has 2 aromatic rings. The van der Waals surface area contributed by atoms with Crippen molar-refractivity contribution in [2.24, 2.45) is 0 Å². The normalized spacial score (nSPS) is 10.3. The topological polar surface area (TPSA) is 52.4 Å². The molecule has 0 aliphatic rings. The number of nitro benzene ring substituents is 1. The van der Waals surface area contributed by atoms with Crippen LogP contribution in [0.4, 0.5) is 14.5 Å². The third-order valence-corrected chi connectivity index (χ3v) is 2.81. The van der Waals surface area contributed by atoms with Crippen molar-refractivity contribution in [2.75, 3.05) is 0 Å². The van der Waals surface area contributed by atoms with E-state index < -0.39 is 28.0 Å². The number of hydrogen-bond acceptors (Lipinski definition) is 3. The zero-order valence-electron chi connectivity index (χ0n) is 9.98. The lowest BCUT2D eigenvalue weighted by Crippen LogP contribution is -1.96. The predicted octanol–water partition coefficient (Wildman–Crippen LogP) is 4.40. The van der Waals surface area contributed by atoms with E-state index in [0.717, 1.165) is 5.56 Å². The molecule has 0 unspecified atom stereocenters. The van der Waals surface area contributed by atoms with Crippen molar-refractivity contribution in [3.8, 4) is 11.5 Å². The zero-order valence-corrected chi connectivity index (χ0v) is 10.7. The summed E-state index contributed by atoms with van der Waals surface area (Å²) in [4.78, 5) is 9.46. The van der Waals surface area contributed by atoms with E-state index in [-0.39, 0.29) is 5.75 Å². The summed E-state index contributed by atoms with van der Waals surface area (Å²) >= 11 is 5.62. The van der Waals surface area contributed by atoms with Crippen molar-refractivity contribution < 1.29 is 18.4 Å². The lowest BCUT2D eigenvalue weighted by atomic mass is 10.2. The summed E-state index contributed by atoms with van der Waals surface area (Å²) in [6.07, 6.45) is 0. The van der Waals surface area contributed by atoms with Crippen molar-refractivity contribution in [3.05, 3.63) is 63.7 Å². The minimum atomic E-state index is -1.16. The summed E-state index contributed by atoms with van der Waals surface area (Å²) in [5.74, 6) is -2.01. The van der Waals surface area contributed by atoms with E-state index in [1.165, 1.54) is 12.1 Å². The molecule has 0 radical (unpaired) electrons. The van der Waals surface area contributed by atoms with Gasteiger partial charge in [-0.3, -0.25) is 10.1 Å². The molecular formula is C13H8ClF2NO3. The van der Waals surface area contributed by atoms with Crippen LogP contribution in [0.3, 0.4) is 0 Å². The number of nitrogens with zero attached hydrogens (tertiary/aromatic N) is 1. The standard InChI is InChI=1S/C13H8ClF2NO3/c14-7-8-1-3-9(4-2-8)20-13-6-10(15)12(17(18)19)5-11(13)16/h1-6H,7H2. The van der Waals surface area contributed by atoms with Crippen LogP contribution in [-0.4, -0.2) is 4.92 Å². The van der Waals surface area contributed by atoms with Gasteiger partial charge in [-0.2, -0.15) is 4.39 Å². The fraction of sp³-hybridized carbons (Fsp3) is 0.0769. The molecular weight excluding hydrogens is 292 g/mol. The Hall–Kier alpha value is -2.21. The van der Waals surface area contributed by atoms with E-state index in [2.05, 4.69) is 0 Å². The second kappa shape index (κ2) is 5.83. The molecule has 7 heteroatoms. The first-order chi connectivity index (χ1) is 9.51. The van der Waals surface area contributed by atoms with Gasteiger partial charge in [0.2, 0.25) is 5.82 Å². The highest BCUT2D eigenvalue weighted by atomic mass is 35.5. The zero-order chi connectivity index (χ0) is 14.7. The maximum atomic E-state index is 13.6. The molecule has 0 bridgehead atoms. The van der Waals surface area contributed by atoms with Gasteiger partial charge >= 0.3 is 5.69 Å². The highest BCUT2D eigenvalue weighted by Gasteiger charge is 2.19. The monoisotopic (exact) mass is 299 g/mol. The average Bonchev–Trinajstić information content (AvgIpc) is 2.43. The maximum Gasteiger partial charge on any atom is 0.307 e. The summed E-state index contributed by atoms with van der Waals surface area (Å²) in [6, 6.07) is 7.54. The first-order valence-electron chi connectivity index (χ1n) is 5.47. The van der Waals surface area contributed by atoms with Gasteiger partial charge < -0.3 is 4.74 Å². The van der Waals surface area contributed by atoms with E-state index in [0.29, 0.717) is 18.0 Å². The van der Waals surface area contributed by atoms with Crippen LogP contribution in [0.15, 0.2) is 36.4 Å². The largest absolute Gasteiger partial charge is 0.454 e. The van der Waals surface area contributed by atoms with E-state index in [1.807, 2.05) is 0 Å². The van der Waals surface area contributed by atoms with Crippen LogP contribution in [-0.2, 0) is 5.88 Å². The van der Waals surface area contributed by atoms with Crippen LogP contribution < -0.4 is 4.74 Å². The van der Waals surface area contributed by atoms with Gasteiger partial charge in [-0.15, -0.1) is 11.6 Å². The quantitative estimate of drug-likeness (QED) is 0.477. The smallest absolute Gasteiger partial charge is 0.307 e. The maximum absolute atomic E-state index is 13.6. The molecule has 0 N–H and O–H groups in total. The molecule has 2 rings (SSSR count). The van der Waals surface area contributed by atoms with Gasteiger partial charge in [0.05, 0.1) is 11.0 Å². The van der Waals surface area contributed by atoms with Crippen LogP contribution in [0.1, 0.15) is 5.56 Å². The fourth-order valence-corrected chi connectivity index (χ4v) is 1.69. The number of nitro groups is 1. The second-order valence-corrected chi connectivity index (χ2v) is 4.14. The first kappa shape index (κ1) is 14.2. The van der Waals surface area contributed by atoms with E-state index >= 15 is 0 Å². The minimum absolute atomic E-state index is 0.269. The van der Waals surface area contributed by atoms with Crippen LogP contribution >= 0.6 is 11.6 Å². The van der Waals surface area contributed by atoms with Gasteiger partial charge in [-0.25, -0.2) is 4.39 Å². The number of rotatable bonds is 4. The van der Waals surface area contributed by atoms with Gasteiger partial charge in [0.25, 0.3) is 0 Å². The Balaban J connectivity index is 2.29. The Bertz CT molecular complexity index is 647. The summed E-state index contributed by atoms with van der Waals surface area (Å²) in [7, 11) is 0. The average molecular weight is 300 g/mol. The molecule has 0 heterocycles. The minimum Gasteiger partial charge on any atom is -0.454 e. The van der Waals surface area contributed by atoms with Crippen LogP contribution in [0.2, 0.25) is 0 Å². The molecule has 0 aliphatic heterocycles. The molecule has 0 saturated carbocycles. The highest BCUT2D eigenvalue weighted by molar-refractivity contribution is 6.17. The van der Waals surface area contributed by atoms with Crippen molar-refractivity contribution >= 4 is 17.3 Å². The number of alkyl halides is 1. The molecule has 20 heavy (non-hydrogen) atoms.